The van der Waals surface area contributed by atoms with Gasteiger partial charge in [-0.2, -0.15) is 0 Å². The minimum atomic E-state index is -0.871. The van der Waals surface area contributed by atoms with Crippen LogP contribution in [0.4, 0.5) is 0 Å². The molecule has 2 aromatic rings. The number of β-lactam (4-membered cyclic amide) rings is 1. The molecule has 1 aromatic carbocycles. The van der Waals surface area contributed by atoms with Crippen LogP contribution in [0.25, 0.3) is 11.1 Å². The molecular weight excluding hydrogens is 442 g/mol. The van der Waals surface area contributed by atoms with Gasteiger partial charge in [-0.15, -0.1) is 0 Å². The van der Waals surface area contributed by atoms with Crippen molar-refractivity contribution in [1.29, 1.82) is 0 Å². The van der Waals surface area contributed by atoms with E-state index in [4.69, 9.17) is 19.7 Å². The third-order valence-electron chi connectivity index (χ3n) is 5.78. The molecule has 1 aromatic heterocycles. The molecule has 0 bridgehead atoms. The Balaban J connectivity index is 0.000000254. The van der Waals surface area contributed by atoms with Gasteiger partial charge in [-0.3, -0.25) is 14.4 Å². The van der Waals surface area contributed by atoms with Crippen molar-refractivity contribution < 1.29 is 28.3 Å². The van der Waals surface area contributed by atoms with E-state index in [1.165, 1.54) is 0 Å². The molecule has 33 heavy (non-hydrogen) atoms. The summed E-state index contributed by atoms with van der Waals surface area (Å²) < 4.78 is 10.9. The Morgan fingerprint density at radius 2 is 1.97 bits per heavy atom. The summed E-state index contributed by atoms with van der Waals surface area (Å²) in [6, 6.07) is 5.20. The Morgan fingerprint density at radius 1 is 1.33 bits per heavy atom. The van der Waals surface area contributed by atoms with Crippen LogP contribution < -0.4 is 11.1 Å². The second kappa shape index (κ2) is 10.5. The topological polar surface area (TPSA) is 145 Å². The van der Waals surface area contributed by atoms with Crippen LogP contribution in [-0.2, 0) is 14.0 Å². The summed E-state index contributed by atoms with van der Waals surface area (Å²) in [7, 11) is -0.825. The number of amides is 2. The SMILES string of the molecule is C[C@@H](C(=O)O)[C@@H]1NC(=O)[C@H]1[C@@H](CO[Si](C)C)C(C)(C)C.Cc1ccc2oc(C(N)=O)nc2c1. The quantitative estimate of drug-likeness (QED) is 0.411. The Hall–Kier alpha value is -2.72. The largest absolute Gasteiger partial charge is 0.481 e. The lowest BCUT2D eigenvalue weighted by molar-refractivity contribution is -0.152. The number of rotatable bonds is 7. The van der Waals surface area contributed by atoms with Gasteiger partial charge < -0.3 is 25.0 Å². The number of nitrogens with two attached hydrogens (primary N) is 1. The van der Waals surface area contributed by atoms with Crippen molar-refractivity contribution in [2.45, 2.75) is 53.8 Å². The number of carboxylic acids is 1. The first kappa shape index (κ1) is 26.5. The van der Waals surface area contributed by atoms with E-state index in [0.717, 1.165) is 5.56 Å². The maximum atomic E-state index is 11.9. The highest BCUT2D eigenvalue weighted by Gasteiger charge is 2.51. The van der Waals surface area contributed by atoms with Gasteiger partial charge in [-0.25, -0.2) is 4.98 Å². The van der Waals surface area contributed by atoms with E-state index in [-0.39, 0.29) is 35.1 Å². The number of aliphatic carboxylic acids is 1. The first-order valence-corrected chi connectivity index (χ1v) is 13.3. The van der Waals surface area contributed by atoms with E-state index >= 15 is 0 Å². The highest BCUT2D eigenvalue weighted by Crippen LogP contribution is 2.40. The fourth-order valence-corrected chi connectivity index (χ4v) is 4.24. The van der Waals surface area contributed by atoms with Crippen molar-refractivity contribution >= 4 is 37.9 Å². The molecule has 2 heterocycles. The van der Waals surface area contributed by atoms with Crippen molar-refractivity contribution in [3.63, 3.8) is 0 Å². The second-order valence-electron chi connectivity index (χ2n) is 9.73. The van der Waals surface area contributed by atoms with Crippen LogP contribution in [0, 0.1) is 30.1 Å². The molecule has 0 aliphatic carbocycles. The maximum absolute atomic E-state index is 11.9. The normalized spacial score (nSPS) is 19.8. The molecule has 181 valence electrons. The molecule has 0 unspecified atom stereocenters. The Morgan fingerprint density at radius 3 is 2.45 bits per heavy atom. The average Bonchev–Trinajstić information content (AvgIpc) is 3.11. The highest BCUT2D eigenvalue weighted by atomic mass is 28.3. The molecule has 1 radical (unpaired) electrons. The number of nitrogens with one attached hydrogen (secondary N) is 1. The Kier molecular flexibility index (Phi) is 8.42. The van der Waals surface area contributed by atoms with Crippen molar-refractivity contribution in [1.82, 2.24) is 10.3 Å². The zero-order valence-electron chi connectivity index (χ0n) is 20.3. The molecule has 4 atom stereocenters. The van der Waals surface area contributed by atoms with Crippen LogP contribution in [0.3, 0.4) is 0 Å². The van der Waals surface area contributed by atoms with Crippen LogP contribution in [0.1, 0.15) is 43.9 Å². The number of primary amides is 1. The highest BCUT2D eigenvalue weighted by molar-refractivity contribution is 6.48. The van der Waals surface area contributed by atoms with Crippen molar-refractivity contribution in [2.75, 3.05) is 6.61 Å². The number of carbonyl (C=O) groups excluding carboxylic acids is 2. The van der Waals surface area contributed by atoms with Gasteiger partial charge in [0, 0.05) is 6.61 Å². The number of carboxylic acid groups (broad SMARTS) is 1. The molecule has 4 N–H and O–H groups in total. The molecule has 1 fully saturated rings. The first-order chi connectivity index (χ1) is 15.2. The summed E-state index contributed by atoms with van der Waals surface area (Å²) in [5, 5.41) is 11.9. The molecule has 10 heteroatoms. The number of oxazole rings is 1. The van der Waals surface area contributed by atoms with Crippen molar-refractivity contribution in [3.8, 4) is 0 Å². The molecule has 1 aliphatic rings. The van der Waals surface area contributed by atoms with E-state index in [9.17, 15) is 14.4 Å². The van der Waals surface area contributed by atoms with E-state index < -0.39 is 26.8 Å². The molecule has 3 rings (SSSR count). The van der Waals surface area contributed by atoms with Gasteiger partial charge in [-0.05, 0) is 56.0 Å². The summed E-state index contributed by atoms with van der Waals surface area (Å²) in [6.07, 6.45) is 0. The van der Waals surface area contributed by atoms with Crippen LogP contribution in [0.5, 0.6) is 0 Å². The zero-order chi connectivity index (χ0) is 25.1. The summed E-state index contributed by atoms with van der Waals surface area (Å²) in [4.78, 5) is 37.7. The van der Waals surface area contributed by atoms with Gasteiger partial charge in [0.1, 0.15) is 5.52 Å². The third-order valence-corrected chi connectivity index (χ3v) is 6.52. The van der Waals surface area contributed by atoms with E-state index in [2.05, 4.69) is 44.2 Å². The molecular formula is C23H34N3O6Si. The maximum Gasteiger partial charge on any atom is 0.308 e. The predicted octanol–water partition coefficient (Wildman–Crippen LogP) is 2.99. The summed E-state index contributed by atoms with van der Waals surface area (Å²) in [6.45, 7) is 14.5. The second-order valence-corrected chi connectivity index (χ2v) is 11.8. The minimum Gasteiger partial charge on any atom is -0.481 e. The first-order valence-electron chi connectivity index (χ1n) is 10.9. The van der Waals surface area contributed by atoms with E-state index in [1.54, 1.807) is 13.0 Å². The minimum absolute atomic E-state index is 0.0305. The van der Waals surface area contributed by atoms with Gasteiger partial charge in [0.25, 0.3) is 5.89 Å². The Labute approximate surface area is 195 Å². The smallest absolute Gasteiger partial charge is 0.308 e. The lowest BCUT2D eigenvalue weighted by atomic mass is 9.65. The lowest BCUT2D eigenvalue weighted by Gasteiger charge is -2.47. The van der Waals surface area contributed by atoms with Crippen molar-refractivity contribution in [3.05, 3.63) is 29.7 Å². The van der Waals surface area contributed by atoms with Crippen LogP contribution in [0.2, 0.25) is 13.1 Å². The van der Waals surface area contributed by atoms with Gasteiger partial charge in [0.15, 0.2) is 5.58 Å². The van der Waals surface area contributed by atoms with Gasteiger partial charge in [-0.1, -0.05) is 26.8 Å². The van der Waals surface area contributed by atoms with Gasteiger partial charge >= 0.3 is 11.9 Å². The summed E-state index contributed by atoms with van der Waals surface area (Å²) in [5.74, 6) is -2.42. The Bertz CT molecular complexity index is 1010. The zero-order valence-corrected chi connectivity index (χ0v) is 21.3. The number of aromatic nitrogens is 1. The van der Waals surface area contributed by atoms with E-state index in [0.29, 0.717) is 17.7 Å². The van der Waals surface area contributed by atoms with E-state index in [1.807, 2.05) is 19.1 Å². The predicted molar refractivity (Wildman–Crippen MR) is 126 cm³/mol. The standard InChI is InChI=1S/C14H26NO4Si.C9H8N2O2/c1-8(13(17)18)11-10(12(16)15-11)9(14(2,3)4)7-19-20(5)6;1-5-2-3-7-6(4-5)11-9(13-7)8(10)12/h8-11H,7H2,1-6H3,(H,15,16)(H,17,18);2-4H,1H3,(H2,10,12)/t8-,9-,10+,11+;/m1./s1. The average molecular weight is 477 g/mol. The van der Waals surface area contributed by atoms with Crippen LogP contribution in [0.15, 0.2) is 22.6 Å². The van der Waals surface area contributed by atoms with Crippen molar-refractivity contribution in [2.24, 2.45) is 28.9 Å². The van der Waals surface area contributed by atoms with Gasteiger partial charge in [0.2, 0.25) is 14.9 Å². The fraction of sp³-hybridized carbons (Fsp3) is 0.565. The molecule has 9 nitrogen and oxygen atoms in total. The third kappa shape index (κ3) is 6.64. The fourth-order valence-electron chi connectivity index (χ4n) is 3.73. The van der Waals surface area contributed by atoms with Gasteiger partial charge in [0.05, 0.1) is 17.9 Å². The summed E-state index contributed by atoms with van der Waals surface area (Å²) in [5.41, 5.74) is 7.23. The number of fused-ring (bicyclic) bond motifs is 1. The monoisotopic (exact) mass is 476 g/mol. The molecule has 1 saturated heterocycles. The lowest BCUT2D eigenvalue weighted by Crippen LogP contribution is -2.66. The molecule has 2 amide bonds. The number of hydrogen-bond acceptors (Lipinski definition) is 6. The number of benzene rings is 1. The number of carbonyl (C=O) groups is 3. The molecule has 1 aliphatic heterocycles. The molecule has 0 saturated carbocycles. The summed E-state index contributed by atoms with van der Waals surface area (Å²) >= 11 is 0. The number of hydrogen-bond donors (Lipinski definition) is 3. The van der Waals surface area contributed by atoms with Crippen LogP contribution >= 0.6 is 0 Å². The number of nitrogens with zero attached hydrogens (tertiary/aromatic N) is 1. The molecule has 0 spiro atoms. The number of aryl methyl sites for hydroxylation is 1. The van der Waals surface area contributed by atoms with Crippen LogP contribution in [-0.4, -0.2) is 49.6 Å².